The van der Waals surface area contributed by atoms with E-state index in [2.05, 4.69) is 0 Å². The first-order valence-corrected chi connectivity index (χ1v) is 6.36. The Hall–Kier alpha value is -0.220. The molecular formula is C10H19NO2S. The molecule has 4 heteroatoms. The van der Waals surface area contributed by atoms with Gasteiger partial charge in [-0.25, -0.2) is 0 Å². The van der Waals surface area contributed by atoms with Crippen molar-refractivity contribution in [3.05, 3.63) is 0 Å². The highest BCUT2D eigenvalue weighted by molar-refractivity contribution is 7.99. The molecular weight excluding hydrogens is 198 g/mol. The molecule has 0 saturated carbocycles. The van der Waals surface area contributed by atoms with E-state index in [1.54, 1.807) is 11.8 Å². The summed E-state index contributed by atoms with van der Waals surface area (Å²) in [5.41, 5.74) is 0. The van der Waals surface area contributed by atoms with Crippen LogP contribution in [0.25, 0.3) is 0 Å². The summed E-state index contributed by atoms with van der Waals surface area (Å²) >= 11 is 1.74. The summed E-state index contributed by atoms with van der Waals surface area (Å²) in [6, 6.07) is 0. The van der Waals surface area contributed by atoms with Crippen LogP contribution in [-0.4, -0.2) is 40.7 Å². The smallest absolute Gasteiger partial charge is 0.223 e. The van der Waals surface area contributed by atoms with Crippen LogP contribution in [0.5, 0.6) is 0 Å². The van der Waals surface area contributed by atoms with Crippen molar-refractivity contribution in [2.24, 2.45) is 5.92 Å². The van der Waals surface area contributed by atoms with Gasteiger partial charge in [-0.15, -0.1) is 11.8 Å². The quantitative estimate of drug-likeness (QED) is 0.755. The average molecular weight is 217 g/mol. The molecule has 0 bridgehead atoms. The van der Waals surface area contributed by atoms with Crippen molar-refractivity contribution < 1.29 is 9.90 Å². The number of thioether (sulfide) groups is 1. The molecule has 1 aliphatic heterocycles. The summed E-state index contributed by atoms with van der Waals surface area (Å²) < 4.78 is 0. The minimum absolute atomic E-state index is 0.237. The first-order valence-electron chi connectivity index (χ1n) is 5.20. The van der Waals surface area contributed by atoms with Crippen LogP contribution in [0, 0.1) is 5.92 Å². The number of aliphatic hydroxyl groups excluding tert-OH is 1. The zero-order valence-corrected chi connectivity index (χ0v) is 9.55. The lowest BCUT2D eigenvalue weighted by Gasteiger charge is -2.26. The molecule has 1 unspecified atom stereocenters. The lowest BCUT2D eigenvalue weighted by molar-refractivity contribution is -0.132. The molecule has 1 atom stereocenters. The molecule has 1 aliphatic rings. The monoisotopic (exact) mass is 217 g/mol. The molecule has 0 aliphatic carbocycles. The number of aliphatic hydroxyl groups is 1. The Kier molecular flexibility index (Phi) is 5.33. The predicted octanol–water partition coefficient (Wildman–Crippen LogP) is 1.32. The topological polar surface area (TPSA) is 40.5 Å². The van der Waals surface area contributed by atoms with Gasteiger partial charge >= 0.3 is 0 Å². The average Bonchev–Trinajstić information content (AvgIpc) is 2.20. The first kappa shape index (κ1) is 11.9. The molecule has 1 rings (SSSR count). The van der Waals surface area contributed by atoms with Crippen molar-refractivity contribution in [3.8, 4) is 0 Å². The van der Waals surface area contributed by atoms with E-state index in [9.17, 15) is 4.79 Å². The van der Waals surface area contributed by atoms with Gasteiger partial charge < -0.3 is 10.0 Å². The summed E-state index contributed by atoms with van der Waals surface area (Å²) in [5, 5.41) is 8.83. The Bertz CT molecular complexity index is 187. The van der Waals surface area contributed by atoms with Gasteiger partial charge in [0.15, 0.2) is 0 Å². The van der Waals surface area contributed by atoms with Gasteiger partial charge in [0, 0.05) is 19.6 Å². The van der Waals surface area contributed by atoms with E-state index in [1.165, 1.54) is 0 Å². The molecule has 0 radical (unpaired) electrons. The number of carbonyl (C=O) groups excluding carboxylic acids is 1. The number of piperidine rings is 1. The Labute approximate surface area is 89.9 Å². The van der Waals surface area contributed by atoms with E-state index in [1.807, 2.05) is 11.8 Å². The van der Waals surface area contributed by atoms with Crippen LogP contribution in [0.2, 0.25) is 0 Å². The van der Waals surface area contributed by atoms with Crippen LogP contribution in [0.3, 0.4) is 0 Å². The fraction of sp³-hybridized carbons (Fsp3) is 0.900. The normalized spacial score (nSPS) is 19.9. The third kappa shape index (κ3) is 3.88. The van der Waals surface area contributed by atoms with Gasteiger partial charge in [-0.1, -0.05) is 6.92 Å². The number of rotatable bonds is 5. The van der Waals surface area contributed by atoms with E-state index in [0.717, 1.165) is 37.4 Å². The van der Waals surface area contributed by atoms with Crippen LogP contribution in [-0.2, 0) is 4.79 Å². The lowest BCUT2D eigenvalue weighted by atomic mass is 10.1. The zero-order chi connectivity index (χ0) is 10.4. The molecule has 0 aromatic heterocycles. The minimum Gasteiger partial charge on any atom is -0.396 e. The van der Waals surface area contributed by atoms with Crippen LogP contribution in [0.4, 0.5) is 0 Å². The van der Waals surface area contributed by atoms with Gasteiger partial charge in [0.05, 0.1) is 5.88 Å². The maximum atomic E-state index is 11.4. The Morgan fingerprint density at radius 2 is 2.36 bits per heavy atom. The van der Waals surface area contributed by atoms with E-state index in [4.69, 9.17) is 5.11 Å². The highest BCUT2D eigenvalue weighted by Gasteiger charge is 2.17. The van der Waals surface area contributed by atoms with Gasteiger partial charge in [-0.3, -0.25) is 4.79 Å². The number of amides is 1. The zero-order valence-electron chi connectivity index (χ0n) is 8.74. The minimum atomic E-state index is 0.237. The van der Waals surface area contributed by atoms with Crippen molar-refractivity contribution in [1.82, 2.24) is 4.90 Å². The second kappa shape index (κ2) is 6.30. The fourth-order valence-electron chi connectivity index (χ4n) is 1.42. The second-order valence-electron chi connectivity index (χ2n) is 3.90. The van der Waals surface area contributed by atoms with Crippen molar-refractivity contribution >= 4 is 17.7 Å². The summed E-state index contributed by atoms with van der Waals surface area (Å²) in [4.78, 5) is 13.3. The number of likely N-dealkylation sites (tertiary alicyclic amines) is 1. The third-order valence-electron chi connectivity index (χ3n) is 2.38. The van der Waals surface area contributed by atoms with Crippen LogP contribution in [0.1, 0.15) is 26.2 Å². The molecule has 1 amide bonds. The Morgan fingerprint density at radius 3 is 3.00 bits per heavy atom. The molecule has 0 spiro atoms. The van der Waals surface area contributed by atoms with E-state index in [-0.39, 0.29) is 6.61 Å². The highest BCUT2D eigenvalue weighted by atomic mass is 32.2. The van der Waals surface area contributed by atoms with Gasteiger partial charge in [0.2, 0.25) is 5.91 Å². The van der Waals surface area contributed by atoms with Gasteiger partial charge in [-0.05, 0) is 24.5 Å². The number of hydrogen-bond acceptors (Lipinski definition) is 3. The van der Waals surface area contributed by atoms with Crippen molar-refractivity contribution in [1.29, 1.82) is 0 Å². The van der Waals surface area contributed by atoms with Crippen LogP contribution < -0.4 is 0 Å². The number of hydrogen-bond donors (Lipinski definition) is 1. The van der Waals surface area contributed by atoms with Gasteiger partial charge in [0.25, 0.3) is 0 Å². The lowest BCUT2D eigenvalue weighted by Crippen LogP contribution is -2.35. The molecule has 3 nitrogen and oxygen atoms in total. The van der Waals surface area contributed by atoms with E-state index < -0.39 is 0 Å². The summed E-state index contributed by atoms with van der Waals surface area (Å²) in [6.07, 6.45) is 2.91. The number of carbonyl (C=O) groups is 1. The maximum absolute atomic E-state index is 11.4. The Morgan fingerprint density at radius 1 is 1.57 bits per heavy atom. The standard InChI is InChI=1S/C10H19NO2S/c1-9(6-12)7-14-8-11-5-3-2-4-10(11)13/h9,12H,2-8H2,1H3. The molecule has 1 saturated heterocycles. The van der Waals surface area contributed by atoms with E-state index in [0.29, 0.717) is 11.8 Å². The Balaban J connectivity index is 2.13. The molecule has 82 valence electrons. The van der Waals surface area contributed by atoms with Crippen molar-refractivity contribution in [2.75, 3.05) is 24.8 Å². The first-order chi connectivity index (χ1) is 6.74. The summed E-state index contributed by atoms with van der Waals surface area (Å²) in [6.45, 7) is 3.17. The van der Waals surface area contributed by atoms with Crippen molar-refractivity contribution in [2.45, 2.75) is 26.2 Å². The second-order valence-corrected chi connectivity index (χ2v) is 4.90. The maximum Gasteiger partial charge on any atom is 0.223 e. The molecule has 1 heterocycles. The SMILES string of the molecule is CC(CO)CSCN1CCCCC1=O. The summed E-state index contributed by atoms with van der Waals surface area (Å²) in [7, 11) is 0. The molecule has 14 heavy (non-hydrogen) atoms. The molecule has 0 aromatic carbocycles. The van der Waals surface area contributed by atoms with Gasteiger partial charge in [0.1, 0.15) is 0 Å². The molecule has 0 aromatic rings. The van der Waals surface area contributed by atoms with E-state index >= 15 is 0 Å². The molecule has 1 N–H and O–H groups in total. The fourth-order valence-corrected chi connectivity index (χ4v) is 2.52. The third-order valence-corrected chi connectivity index (χ3v) is 3.68. The summed E-state index contributed by atoms with van der Waals surface area (Å²) in [5.74, 6) is 2.35. The van der Waals surface area contributed by atoms with Crippen LogP contribution in [0.15, 0.2) is 0 Å². The number of nitrogens with zero attached hydrogens (tertiary/aromatic N) is 1. The largest absolute Gasteiger partial charge is 0.396 e. The molecule has 1 fully saturated rings. The predicted molar refractivity (Wildman–Crippen MR) is 59.1 cm³/mol. The van der Waals surface area contributed by atoms with Gasteiger partial charge in [-0.2, -0.15) is 0 Å². The highest BCUT2D eigenvalue weighted by Crippen LogP contribution is 2.15. The van der Waals surface area contributed by atoms with Crippen molar-refractivity contribution in [3.63, 3.8) is 0 Å². The van der Waals surface area contributed by atoms with Crippen LogP contribution >= 0.6 is 11.8 Å².